The number of hydrogen-bond donors (Lipinski definition) is 0. The molecule has 2 heterocycles. The molecule has 2 aromatic carbocycles. The van der Waals surface area contributed by atoms with Crippen molar-refractivity contribution in [3.8, 4) is 5.75 Å². The van der Waals surface area contributed by atoms with Crippen LogP contribution in [-0.4, -0.2) is 89.6 Å². The van der Waals surface area contributed by atoms with Crippen LogP contribution in [0.15, 0.2) is 36.4 Å². The molecule has 0 unspecified atom stereocenters. The lowest BCUT2D eigenvalue weighted by Gasteiger charge is -2.44. The first kappa shape index (κ1) is 34.1. The molecule has 0 bridgehead atoms. The molecule has 0 aromatic heterocycles. The van der Waals surface area contributed by atoms with Crippen LogP contribution in [0.2, 0.25) is 5.02 Å². The van der Waals surface area contributed by atoms with Gasteiger partial charge in [-0.05, 0) is 77.8 Å². The predicted molar refractivity (Wildman–Crippen MR) is 168 cm³/mol. The molecular formula is C34H46ClF2N3O4. The molecule has 0 aliphatic carbocycles. The van der Waals surface area contributed by atoms with Crippen LogP contribution in [0.1, 0.15) is 65.5 Å². The van der Waals surface area contributed by atoms with Crippen LogP contribution in [0.3, 0.4) is 0 Å². The van der Waals surface area contributed by atoms with Crippen molar-refractivity contribution in [2.24, 2.45) is 5.92 Å². The largest absolute Gasteiger partial charge is 0.497 e. The molecule has 4 rings (SSSR count). The van der Waals surface area contributed by atoms with Crippen molar-refractivity contribution in [1.29, 1.82) is 0 Å². The number of amides is 1. The van der Waals surface area contributed by atoms with Gasteiger partial charge in [-0.1, -0.05) is 23.7 Å². The van der Waals surface area contributed by atoms with Gasteiger partial charge in [0.2, 0.25) is 5.91 Å². The zero-order valence-electron chi connectivity index (χ0n) is 27.1. The summed E-state index contributed by atoms with van der Waals surface area (Å²) in [5.41, 5.74) is -0.0336. The van der Waals surface area contributed by atoms with E-state index in [9.17, 15) is 14.0 Å². The van der Waals surface area contributed by atoms with E-state index in [1.54, 1.807) is 45.0 Å². The van der Waals surface area contributed by atoms with Gasteiger partial charge in [-0.2, -0.15) is 0 Å². The first-order valence-electron chi connectivity index (χ1n) is 15.3. The van der Waals surface area contributed by atoms with E-state index in [1.807, 2.05) is 16.7 Å². The minimum Gasteiger partial charge on any atom is -0.497 e. The molecule has 0 N–H and O–H groups in total. The number of carbonyl (C=O) groups is 2. The number of halogens is 3. The molecule has 44 heavy (non-hydrogen) atoms. The Morgan fingerprint density at radius 1 is 0.977 bits per heavy atom. The lowest BCUT2D eigenvalue weighted by molar-refractivity contribution is -0.163. The van der Waals surface area contributed by atoms with Gasteiger partial charge in [0, 0.05) is 67.7 Å². The molecule has 0 radical (unpaired) electrons. The molecular weight excluding hydrogens is 588 g/mol. The molecule has 242 valence electrons. The molecule has 1 amide bonds. The maximum absolute atomic E-state index is 15.2. The van der Waals surface area contributed by atoms with Crippen molar-refractivity contribution in [3.63, 3.8) is 0 Å². The predicted octanol–water partition coefficient (Wildman–Crippen LogP) is 5.93. The zero-order chi connectivity index (χ0) is 32.6. The van der Waals surface area contributed by atoms with Crippen molar-refractivity contribution in [2.45, 2.75) is 84.0 Å². The van der Waals surface area contributed by atoms with Crippen LogP contribution in [0.25, 0.3) is 0 Å². The van der Waals surface area contributed by atoms with Crippen molar-refractivity contribution in [3.05, 3.63) is 64.2 Å². The Bertz CT molecular complexity index is 1360. The van der Waals surface area contributed by atoms with Crippen molar-refractivity contribution >= 4 is 23.5 Å². The SMILES string of the molecule is COc1ccc(C[C@@H](C(=O)OC(C)(C)C)N2CCN(C(=O)[C@@H]3CN(C(C)(C)C)C[C@H]3c3ccc(Cl)cc3F)[C@@H](C)C2)c(F)c1. The molecule has 2 saturated heterocycles. The third-order valence-electron chi connectivity index (χ3n) is 8.68. The van der Waals surface area contributed by atoms with Gasteiger partial charge in [-0.15, -0.1) is 0 Å². The number of likely N-dealkylation sites (tertiary alicyclic amines) is 1. The third-order valence-corrected chi connectivity index (χ3v) is 8.92. The quantitative estimate of drug-likeness (QED) is 0.353. The number of nitrogens with zero attached hydrogens (tertiary/aromatic N) is 3. The van der Waals surface area contributed by atoms with Crippen LogP contribution in [0.4, 0.5) is 8.78 Å². The first-order chi connectivity index (χ1) is 20.5. The summed E-state index contributed by atoms with van der Waals surface area (Å²) >= 11 is 6.05. The van der Waals surface area contributed by atoms with Gasteiger partial charge in [-0.25, -0.2) is 8.78 Å². The molecule has 2 aliphatic rings. The Balaban J connectivity index is 1.56. The number of ether oxygens (including phenoxy) is 2. The Kier molecular flexibility index (Phi) is 10.3. The van der Waals surface area contributed by atoms with E-state index in [0.717, 1.165) is 0 Å². The topological polar surface area (TPSA) is 62.3 Å². The van der Waals surface area contributed by atoms with Crippen LogP contribution < -0.4 is 4.74 Å². The lowest BCUT2D eigenvalue weighted by Crippen LogP contribution is -2.60. The molecule has 2 aromatic rings. The van der Waals surface area contributed by atoms with E-state index in [2.05, 4.69) is 25.7 Å². The molecule has 0 spiro atoms. The standard InChI is InChI=1S/C34H46ClF2N3O4/c1-21-18-38(30(32(42)44-34(5,6)7)15-22-9-11-24(43-8)17-28(22)36)13-14-40(21)31(41)27-20-39(33(2,3)4)19-26(27)25-12-10-23(35)16-29(25)37/h9-12,16-17,21,26-27,30H,13-15,18-20H2,1-8H3/t21-,26-,27+,30-/m0/s1. The fourth-order valence-corrected chi connectivity index (χ4v) is 6.45. The molecule has 10 heteroatoms. The van der Waals surface area contributed by atoms with E-state index in [4.69, 9.17) is 21.1 Å². The molecule has 4 atom stereocenters. The maximum atomic E-state index is 15.2. The number of esters is 1. The number of piperazine rings is 1. The fourth-order valence-electron chi connectivity index (χ4n) is 6.29. The first-order valence-corrected chi connectivity index (χ1v) is 15.7. The Morgan fingerprint density at radius 3 is 2.25 bits per heavy atom. The van der Waals surface area contributed by atoms with Crippen molar-refractivity contribution < 1.29 is 27.8 Å². The number of benzene rings is 2. The van der Waals surface area contributed by atoms with E-state index >= 15 is 4.39 Å². The van der Waals surface area contributed by atoms with Crippen LogP contribution in [-0.2, 0) is 20.7 Å². The molecule has 2 aliphatic heterocycles. The minimum absolute atomic E-state index is 0.0294. The zero-order valence-corrected chi connectivity index (χ0v) is 27.9. The monoisotopic (exact) mass is 633 g/mol. The second-order valence-corrected chi connectivity index (χ2v) is 14.5. The average molecular weight is 634 g/mol. The van der Waals surface area contributed by atoms with Crippen LogP contribution >= 0.6 is 11.6 Å². The summed E-state index contributed by atoms with van der Waals surface area (Å²) in [6.45, 7) is 15.9. The van der Waals surface area contributed by atoms with E-state index in [1.165, 1.54) is 19.2 Å². The molecule has 0 saturated carbocycles. The van der Waals surface area contributed by atoms with Gasteiger partial charge in [0.1, 0.15) is 29.0 Å². The highest BCUT2D eigenvalue weighted by molar-refractivity contribution is 6.30. The summed E-state index contributed by atoms with van der Waals surface area (Å²) in [7, 11) is 1.47. The summed E-state index contributed by atoms with van der Waals surface area (Å²) < 4.78 is 41.0. The molecule has 7 nitrogen and oxygen atoms in total. The van der Waals surface area contributed by atoms with Crippen LogP contribution in [0, 0.1) is 17.6 Å². The highest BCUT2D eigenvalue weighted by Crippen LogP contribution is 2.39. The third kappa shape index (κ3) is 7.90. The van der Waals surface area contributed by atoms with Gasteiger partial charge in [0.05, 0.1) is 13.0 Å². The second-order valence-electron chi connectivity index (χ2n) is 14.0. The van der Waals surface area contributed by atoms with Crippen LogP contribution in [0.5, 0.6) is 5.75 Å². The fraction of sp³-hybridized carbons (Fsp3) is 0.588. The van der Waals surface area contributed by atoms with Gasteiger partial charge in [-0.3, -0.25) is 19.4 Å². The summed E-state index contributed by atoms with van der Waals surface area (Å²) in [5, 5.41) is 0.318. The summed E-state index contributed by atoms with van der Waals surface area (Å²) in [6.07, 6.45) is 0.118. The Labute approximate surface area is 265 Å². The average Bonchev–Trinajstić information content (AvgIpc) is 3.37. The lowest BCUT2D eigenvalue weighted by atomic mass is 9.87. The number of hydrogen-bond acceptors (Lipinski definition) is 6. The number of carbonyl (C=O) groups excluding carboxylic acids is 2. The van der Waals surface area contributed by atoms with Crippen molar-refractivity contribution in [2.75, 3.05) is 39.8 Å². The highest BCUT2D eigenvalue weighted by Gasteiger charge is 2.46. The van der Waals surface area contributed by atoms with Gasteiger partial charge in [0.25, 0.3) is 0 Å². The number of rotatable bonds is 7. The number of methoxy groups -OCH3 is 1. The van der Waals surface area contributed by atoms with Gasteiger partial charge >= 0.3 is 5.97 Å². The highest BCUT2D eigenvalue weighted by atomic mass is 35.5. The minimum atomic E-state index is -0.740. The Morgan fingerprint density at radius 2 is 1.68 bits per heavy atom. The van der Waals surface area contributed by atoms with E-state index in [0.29, 0.717) is 54.6 Å². The molecule has 2 fully saturated rings. The van der Waals surface area contributed by atoms with Gasteiger partial charge in [0.15, 0.2) is 0 Å². The van der Waals surface area contributed by atoms with Gasteiger partial charge < -0.3 is 14.4 Å². The maximum Gasteiger partial charge on any atom is 0.324 e. The van der Waals surface area contributed by atoms with Crippen molar-refractivity contribution in [1.82, 2.24) is 14.7 Å². The normalized spacial score (nSPS) is 22.6. The smallest absolute Gasteiger partial charge is 0.324 e. The second kappa shape index (κ2) is 13.3. The van der Waals surface area contributed by atoms with E-state index in [-0.39, 0.29) is 29.8 Å². The van der Waals surface area contributed by atoms with E-state index < -0.39 is 35.2 Å². The summed E-state index contributed by atoms with van der Waals surface area (Å²) in [5.74, 6) is -1.68. The Hall–Kier alpha value is -2.75. The summed E-state index contributed by atoms with van der Waals surface area (Å²) in [6, 6.07) is 8.31. The summed E-state index contributed by atoms with van der Waals surface area (Å²) in [4.78, 5) is 33.8.